The molecule has 9 heteroatoms. The number of nitrogens with two attached hydrogens (primary N) is 1. The molecule has 0 atom stereocenters. The Morgan fingerprint density at radius 1 is 1.12 bits per heavy atom. The number of hydrogen-bond acceptors (Lipinski definition) is 6. The summed E-state index contributed by atoms with van der Waals surface area (Å²) in [6.07, 6.45) is 8.39. The fourth-order valence-corrected chi connectivity index (χ4v) is 2.90. The number of aldehydes is 1. The molecule has 0 radical (unpaired) electrons. The lowest BCUT2D eigenvalue weighted by Gasteiger charge is -2.03. The molecule has 0 unspecified atom stereocenters. The summed E-state index contributed by atoms with van der Waals surface area (Å²) in [7, 11) is 3.84. The van der Waals surface area contributed by atoms with Gasteiger partial charge in [-0.15, -0.1) is 0 Å². The van der Waals surface area contributed by atoms with Crippen LogP contribution in [-0.4, -0.2) is 66.7 Å². The number of aliphatic hydroxyl groups is 2. The van der Waals surface area contributed by atoms with Gasteiger partial charge in [0.1, 0.15) is 0 Å². The second kappa shape index (κ2) is 17.8. The lowest BCUT2D eigenvalue weighted by Crippen LogP contribution is -2.28. The Morgan fingerprint density at radius 2 is 1.82 bits per heavy atom. The summed E-state index contributed by atoms with van der Waals surface area (Å²) in [6, 6.07) is 9.45. The fourth-order valence-electron chi connectivity index (χ4n) is 2.90. The van der Waals surface area contributed by atoms with Crippen molar-refractivity contribution in [3.05, 3.63) is 70.1 Å². The number of aromatic nitrogens is 2. The van der Waals surface area contributed by atoms with Gasteiger partial charge in [-0.2, -0.15) is 0 Å². The SMILES string of the molecule is C/C=c1/cc(C=O)[nH]/c1=C/C=C/NC.CO.CO.Cc1cc2cc(C(=O)NCCN)ccc2[nH]1. The average Bonchev–Trinajstić information content (AvgIpc) is 3.46. The standard InChI is InChI=1S/C12H15N3O.C11H14N2O.2CH4O/c1-8-6-10-7-9(2-3-11(10)15-8)12(16)14-5-4-13;1-3-9-7-10(8-14)13-11(9)5-4-6-12-2;2*1-2/h2-3,6-7,15H,4-5,13H2,1H3,(H,14,16);3-8,12-13H,1-2H3;2*2H,1H3/b;6-4+,9-3-,11-5+;;. The van der Waals surface area contributed by atoms with E-state index in [9.17, 15) is 9.59 Å². The highest BCUT2D eigenvalue weighted by Gasteiger charge is 2.06. The molecule has 8 N–H and O–H groups in total. The molecule has 0 aliphatic rings. The van der Waals surface area contributed by atoms with Crippen molar-refractivity contribution in [2.24, 2.45) is 5.73 Å². The van der Waals surface area contributed by atoms with Crippen molar-refractivity contribution < 1.29 is 19.8 Å². The van der Waals surface area contributed by atoms with Gasteiger partial charge < -0.3 is 36.5 Å². The third-order valence-electron chi connectivity index (χ3n) is 4.31. The molecule has 34 heavy (non-hydrogen) atoms. The summed E-state index contributed by atoms with van der Waals surface area (Å²) in [5.41, 5.74) is 8.74. The Kier molecular flexibility index (Phi) is 15.9. The molecule has 2 heterocycles. The van der Waals surface area contributed by atoms with E-state index in [1.807, 2.05) is 75.7 Å². The summed E-state index contributed by atoms with van der Waals surface area (Å²) < 4.78 is 0. The highest BCUT2D eigenvalue weighted by molar-refractivity contribution is 5.98. The number of nitrogens with one attached hydrogen (secondary N) is 4. The molecule has 0 saturated heterocycles. The quantitative estimate of drug-likeness (QED) is 0.260. The summed E-state index contributed by atoms with van der Waals surface area (Å²) in [5, 5.41) is 22.7. The lowest BCUT2D eigenvalue weighted by molar-refractivity contribution is 0.0954. The van der Waals surface area contributed by atoms with Crippen molar-refractivity contribution in [3.8, 4) is 0 Å². The van der Waals surface area contributed by atoms with Crippen LogP contribution in [0.3, 0.4) is 0 Å². The van der Waals surface area contributed by atoms with E-state index in [2.05, 4.69) is 20.6 Å². The van der Waals surface area contributed by atoms with Crippen molar-refractivity contribution >= 4 is 35.2 Å². The molecule has 2 aromatic heterocycles. The number of carbonyl (C=O) groups is 2. The number of rotatable bonds is 6. The first kappa shape index (κ1) is 30.3. The second-order valence-corrected chi connectivity index (χ2v) is 6.61. The van der Waals surface area contributed by atoms with Crippen LogP contribution in [0.25, 0.3) is 23.1 Å². The zero-order valence-corrected chi connectivity index (χ0v) is 20.5. The van der Waals surface area contributed by atoms with Gasteiger partial charge in [0, 0.05) is 61.9 Å². The van der Waals surface area contributed by atoms with E-state index in [0.29, 0.717) is 24.3 Å². The van der Waals surface area contributed by atoms with Crippen LogP contribution in [0.15, 0.2) is 42.6 Å². The predicted molar refractivity (Wildman–Crippen MR) is 139 cm³/mol. The van der Waals surface area contributed by atoms with Gasteiger partial charge in [-0.1, -0.05) is 6.08 Å². The van der Waals surface area contributed by atoms with Gasteiger partial charge in [0.05, 0.1) is 5.69 Å². The Morgan fingerprint density at radius 3 is 2.41 bits per heavy atom. The minimum atomic E-state index is -0.0776. The van der Waals surface area contributed by atoms with Gasteiger partial charge in [-0.25, -0.2) is 0 Å². The average molecular weight is 472 g/mol. The van der Waals surface area contributed by atoms with E-state index in [-0.39, 0.29) is 5.91 Å². The van der Waals surface area contributed by atoms with Gasteiger partial charge in [0.2, 0.25) is 0 Å². The van der Waals surface area contributed by atoms with E-state index < -0.39 is 0 Å². The molecule has 0 aliphatic carbocycles. The first-order chi connectivity index (χ1) is 16.5. The number of aryl methyl sites for hydroxylation is 1. The van der Waals surface area contributed by atoms with Gasteiger partial charge in [-0.05, 0) is 67.7 Å². The fraction of sp³-hybridized carbons (Fsp3) is 0.280. The smallest absolute Gasteiger partial charge is 0.251 e. The molecule has 1 amide bonds. The predicted octanol–water partition coefficient (Wildman–Crippen LogP) is 0.523. The molecule has 0 aliphatic heterocycles. The van der Waals surface area contributed by atoms with Crippen LogP contribution in [0, 0.1) is 6.92 Å². The van der Waals surface area contributed by atoms with E-state index in [0.717, 1.165) is 47.7 Å². The van der Waals surface area contributed by atoms with E-state index in [1.165, 1.54) is 0 Å². The number of amides is 1. The Labute approximate surface area is 200 Å². The molecule has 186 valence electrons. The van der Waals surface area contributed by atoms with Crippen LogP contribution in [0.1, 0.15) is 33.5 Å². The first-order valence-corrected chi connectivity index (χ1v) is 10.6. The number of aliphatic hydroxyl groups excluding tert-OH is 2. The van der Waals surface area contributed by atoms with Crippen LogP contribution in [0.5, 0.6) is 0 Å². The van der Waals surface area contributed by atoms with Crippen molar-refractivity contribution in [3.63, 3.8) is 0 Å². The molecule has 3 rings (SSSR count). The summed E-state index contributed by atoms with van der Waals surface area (Å²) in [4.78, 5) is 28.4. The maximum atomic E-state index is 11.7. The van der Waals surface area contributed by atoms with E-state index in [1.54, 1.807) is 0 Å². The topological polar surface area (TPSA) is 156 Å². The number of fused-ring (bicyclic) bond motifs is 1. The van der Waals surface area contributed by atoms with Crippen LogP contribution in [0.2, 0.25) is 0 Å². The zero-order valence-electron chi connectivity index (χ0n) is 20.5. The summed E-state index contributed by atoms with van der Waals surface area (Å²) in [6.45, 7) is 4.89. The molecule has 9 nitrogen and oxygen atoms in total. The minimum Gasteiger partial charge on any atom is -0.400 e. The third-order valence-corrected chi connectivity index (χ3v) is 4.31. The van der Waals surface area contributed by atoms with Gasteiger partial charge in [-0.3, -0.25) is 9.59 Å². The number of carbonyl (C=O) groups excluding carboxylic acids is 2. The maximum absolute atomic E-state index is 11.7. The highest BCUT2D eigenvalue weighted by atomic mass is 16.2. The number of hydrogen-bond donors (Lipinski definition) is 7. The van der Waals surface area contributed by atoms with E-state index in [4.69, 9.17) is 15.9 Å². The zero-order chi connectivity index (χ0) is 25.9. The number of H-pyrrole nitrogens is 2. The lowest BCUT2D eigenvalue weighted by atomic mass is 10.1. The van der Waals surface area contributed by atoms with Crippen LogP contribution in [-0.2, 0) is 0 Å². The number of aromatic amines is 2. The Hall–Kier alpha value is -3.66. The maximum Gasteiger partial charge on any atom is 0.251 e. The monoisotopic (exact) mass is 471 g/mol. The summed E-state index contributed by atoms with van der Waals surface area (Å²) >= 11 is 0. The third kappa shape index (κ3) is 9.86. The highest BCUT2D eigenvalue weighted by Crippen LogP contribution is 2.16. The van der Waals surface area contributed by atoms with Crippen LogP contribution < -0.4 is 26.9 Å². The Balaban J connectivity index is 0.000000563. The molecule has 0 spiro atoms. The molecular weight excluding hydrogens is 434 g/mol. The van der Waals surface area contributed by atoms with Gasteiger partial charge >= 0.3 is 0 Å². The van der Waals surface area contributed by atoms with Crippen LogP contribution in [0.4, 0.5) is 0 Å². The minimum absolute atomic E-state index is 0.0776. The van der Waals surface area contributed by atoms with Crippen molar-refractivity contribution in [2.45, 2.75) is 13.8 Å². The molecular formula is C25H37N5O4. The van der Waals surface area contributed by atoms with Crippen LogP contribution >= 0.6 is 0 Å². The Bertz CT molecular complexity index is 1150. The second-order valence-electron chi connectivity index (χ2n) is 6.61. The molecule has 0 fully saturated rings. The van der Waals surface area contributed by atoms with Gasteiger partial charge in [0.15, 0.2) is 6.29 Å². The molecule has 1 aromatic carbocycles. The van der Waals surface area contributed by atoms with Crippen molar-refractivity contribution in [1.82, 2.24) is 20.6 Å². The number of benzene rings is 1. The summed E-state index contributed by atoms with van der Waals surface area (Å²) in [5.74, 6) is -0.0776. The first-order valence-electron chi connectivity index (χ1n) is 10.6. The van der Waals surface area contributed by atoms with Gasteiger partial charge in [0.25, 0.3) is 5.91 Å². The number of allylic oxidation sites excluding steroid dienone is 1. The molecule has 0 bridgehead atoms. The largest absolute Gasteiger partial charge is 0.400 e. The van der Waals surface area contributed by atoms with Crippen molar-refractivity contribution in [1.29, 1.82) is 0 Å². The molecule has 0 saturated carbocycles. The molecule has 3 aromatic rings. The normalized spacial score (nSPS) is 11.1. The van der Waals surface area contributed by atoms with Crippen molar-refractivity contribution in [2.75, 3.05) is 34.4 Å². The van der Waals surface area contributed by atoms with E-state index >= 15 is 0 Å².